The molecule has 0 aromatic heterocycles. The third-order valence-corrected chi connectivity index (χ3v) is 12.6. The highest BCUT2D eigenvalue weighted by molar-refractivity contribution is 5.59. The van der Waals surface area contributed by atoms with Gasteiger partial charge < -0.3 is 0 Å². The molecule has 0 saturated carbocycles. The monoisotopic (exact) mass is 716 g/mol. The Morgan fingerprint density at radius 3 is 0.800 bits per heavy atom. The summed E-state index contributed by atoms with van der Waals surface area (Å²) in [6.45, 7) is 20.4. The number of aryl methyl sites for hydroxylation is 6. The topological polar surface area (TPSA) is 0 Å². The molecule has 0 heterocycles. The van der Waals surface area contributed by atoms with Crippen LogP contribution in [0.3, 0.4) is 0 Å². The maximum atomic E-state index is 2.54. The summed E-state index contributed by atoms with van der Waals surface area (Å²) in [6, 6.07) is 62.9. The van der Waals surface area contributed by atoms with Gasteiger partial charge in [0, 0.05) is 16.2 Å². The zero-order chi connectivity index (χ0) is 39.0. The van der Waals surface area contributed by atoms with E-state index in [2.05, 4.69) is 226 Å². The molecular formula is C55H56. The Kier molecular flexibility index (Phi) is 10.3. The largest absolute Gasteiger partial charge is 0.0591 e. The minimum Gasteiger partial charge on any atom is -0.0591 e. The zero-order valence-corrected chi connectivity index (χ0v) is 34.3. The van der Waals surface area contributed by atoms with E-state index in [1.165, 1.54) is 83.5 Å². The van der Waals surface area contributed by atoms with E-state index in [0.717, 1.165) is 6.42 Å². The Labute approximate surface area is 331 Å². The average molecular weight is 717 g/mol. The van der Waals surface area contributed by atoms with Crippen LogP contribution in [0.25, 0.3) is 0 Å². The quantitative estimate of drug-likeness (QED) is 0.124. The van der Waals surface area contributed by atoms with Crippen LogP contribution in [-0.4, -0.2) is 0 Å². The average Bonchev–Trinajstić information content (AvgIpc) is 3.19. The second-order valence-electron chi connectivity index (χ2n) is 16.9. The van der Waals surface area contributed by atoms with Crippen LogP contribution in [0.4, 0.5) is 0 Å². The lowest BCUT2D eigenvalue weighted by Crippen LogP contribution is -2.32. The van der Waals surface area contributed by atoms with Crippen LogP contribution in [0, 0.1) is 41.5 Å². The molecule has 0 amide bonds. The van der Waals surface area contributed by atoms with Crippen molar-refractivity contribution in [3.8, 4) is 0 Å². The van der Waals surface area contributed by atoms with Gasteiger partial charge in [0.1, 0.15) is 0 Å². The lowest BCUT2D eigenvalue weighted by molar-refractivity contribution is 0.559. The lowest BCUT2D eigenvalue weighted by Gasteiger charge is -2.39. The summed E-state index contributed by atoms with van der Waals surface area (Å²) in [6.07, 6.45) is 0.872. The Bertz CT molecular complexity index is 2160. The van der Waals surface area contributed by atoms with Crippen LogP contribution >= 0.6 is 0 Å². The van der Waals surface area contributed by atoms with Crippen molar-refractivity contribution in [2.45, 2.75) is 85.0 Å². The van der Waals surface area contributed by atoms with E-state index in [-0.39, 0.29) is 5.41 Å². The maximum Gasteiger partial charge on any atom is 0.0423 e. The summed E-state index contributed by atoms with van der Waals surface area (Å²) in [5, 5.41) is 0. The van der Waals surface area contributed by atoms with Gasteiger partial charge in [-0.25, -0.2) is 0 Å². The van der Waals surface area contributed by atoms with Crippen LogP contribution in [0.5, 0.6) is 0 Å². The number of hydrogen-bond donors (Lipinski definition) is 0. The van der Waals surface area contributed by atoms with E-state index in [1.807, 2.05) is 0 Å². The Hall–Kier alpha value is -5.46. The van der Waals surface area contributed by atoms with Crippen molar-refractivity contribution in [2.24, 2.45) is 0 Å². The van der Waals surface area contributed by atoms with Crippen LogP contribution < -0.4 is 0 Å². The molecule has 7 rings (SSSR count). The molecule has 7 aromatic rings. The van der Waals surface area contributed by atoms with Crippen molar-refractivity contribution in [3.05, 3.63) is 247 Å². The van der Waals surface area contributed by atoms with Gasteiger partial charge in [-0.2, -0.15) is 0 Å². The highest BCUT2D eigenvalue weighted by Gasteiger charge is 2.39. The van der Waals surface area contributed by atoms with Gasteiger partial charge in [-0.1, -0.05) is 204 Å². The Morgan fingerprint density at radius 1 is 0.273 bits per heavy atom. The van der Waals surface area contributed by atoms with E-state index in [0.29, 0.717) is 0 Å². The molecule has 0 heteroatoms. The predicted molar refractivity (Wildman–Crippen MR) is 235 cm³/mol. The van der Waals surface area contributed by atoms with Crippen LogP contribution in [0.15, 0.2) is 164 Å². The molecule has 0 bridgehead atoms. The molecule has 0 saturated heterocycles. The highest BCUT2D eigenvalue weighted by Crippen LogP contribution is 2.47. The summed E-state index contributed by atoms with van der Waals surface area (Å²) in [7, 11) is 0. The predicted octanol–water partition coefficient (Wildman–Crippen LogP) is 13.8. The van der Waals surface area contributed by atoms with Crippen LogP contribution in [0.1, 0.15) is 104 Å². The van der Waals surface area contributed by atoms with Crippen molar-refractivity contribution in [3.63, 3.8) is 0 Å². The van der Waals surface area contributed by atoms with Gasteiger partial charge in [0.25, 0.3) is 0 Å². The fourth-order valence-corrected chi connectivity index (χ4v) is 8.48. The van der Waals surface area contributed by atoms with E-state index in [4.69, 9.17) is 0 Å². The molecule has 0 aliphatic heterocycles. The van der Waals surface area contributed by atoms with Gasteiger partial charge in [0.05, 0.1) is 0 Å². The third kappa shape index (κ3) is 7.36. The van der Waals surface area contributed by atoms with Crippen molar-refractivity contribution >= 4 is 0 Å². The molecular weight excluding hydrogens is 661 g/mol. The van der Waals surface area contributed by atoms with Gasteiger partial charge in [-0.05, 0) is 112 Å². The SMILES string of the molecule is Cc1ccc(CC(C)(c2ccc(C)cc2)c2cc(C(C)(c3ccc(C)cc3)c3ccc(C)cc3)cc(C(C)(c3ccc(C)cc3)c3ccc(C)cc3)c2)cc1. The molecule has 1 unspecified atom stereocenters. The van der Waals surface area contributed by atoms with E-state index in [9.17, 15) is 0 Å². The fourth-order valence-electron chi connectivity index (χ4n) is 8.48. The van der Waals surface area contributed by atoms with Gasteiger partial charge in [0.15, 0.2) is 0 Å². The summed E-state index contributed by atoms with van der Waals surface area (Å²) in [5.74, 6) is 0. The maximum absolute atomic E-state index is 2.54. The highest BCUT2D eigenvalue weighted by atomic mass is 14.4. The second kappa shape index (κ2) is 15.0. The van der Waals surface area contributed by atoms with Crippen molar-refractivity contribution < 1.29 is 0 Å². The molecule has 55 heavy (non-hydrogen) atoms. The van der Waals surface area contributed by atoms with Gasteiger partial charge in [-0.3, -0.25) is 0 Å². The fraction of sp³-hybridized carbons (Fsp3) is 0.236. The number of rotatable bonds is 10. The Morgan fingerprint density at radius 2 is 0.509 bits per heavy atom. The summed E-state index contributed by atoms with van der Waals surface area (Å²) < 4.78 is 0. The molecule has 0 aliphatic rings. The molecule has 1 atom stereocenters. The first kappa shape index (κ1) is 37.8. The first-order valence-corrected chi connectivity index (χ1v) is 19.9. The Balaban J connectivity index is 1.60. The van der Waals surface area contributed by atoms with Gasteiger partial charge in [0.2, 0.25) is 0 Å². The van der Waals surface area contributed by atoms with Crippen LogP contribution in [-0.2, 0) is 22.7 Å². The zero-order valence-electron chi connectivity index (χ0n) is 34.3. The molecule has 7 aromatic carbocycles. The standard InChI is InChI=1S/C55H56/c1-38-10-22-44(23-11-38)37-53(7,45-24-12-39(2)13-25-45)50-34-51(54(8,46-26-14-40(3)15-27-46)47-28-16-41(4)17-29-47)36-52(35-50)55(9,48-30-18-42(5)19-31-48)49-32-20-43(6)21-33-49/h10-36H,37H2,1-9H3. The van der Waals surface area contributed by atoms with E-state index in [1.54, 1.807) is 0 Å². The lowest BCUT2D eigenvalue weighted by atomic mass is 9.63. The molecule has 276 valence electrons. The normalized spacial score (nSPS) is 13.0. The van der Waals surface area contributed by atoms with Gasteiger partial charge in [-0.15, -0.1) is 0 Å². The second-order valence-corrected chi connectivity index (χ2v) is 16.9. The first-order valence-electron chi connectivity index (χ1n) is 19.9. The summed E-state index contributed by atoms with van der Waals surface area (Å²) >= 11 is 0. The number of hydrogen-bond acceptors (Lipinski definition) is 0. The van der Waals surface area contributed by atoms with Gasteiger partial charge >= 0.3 is 0 Å². The van der Waals surface area contributed by atoms with E-state index >= 15 is 0 Å². The smallest absolute Gasteiger partial charge is 0.0423 e. The molecule has 0 spiro atoms. The van der Waals surface area contributed by atoms with Crippen molar-refractivity contribution in [2.75, 3.05) is 0 Å². The summed E-state index contributed by atoms with van der Waals surface area (Å²) in [4.78, 5) is 0. The van der Waals surface area contributed by atoms with E-state index < -0.39 is 10.8 Å². The minimum atomic E-state index is -0.439. The minimum absolute atomic E-state index is 0.337. The molecule has 0 nitrogen and oxygen atoms in total. The van der Waals surface area contributed by atoms with Crippen molar-refractivity contribution in [1.82, 2.24) is 0 Å². The number of benzene rings is 7. The molecule has 0 aliphatic carbocycles. The first-order chi connectivity index (χ1) is 26.3. The molecule has 0 fully saturated rings. The summed E-state index contributed by atoms with van der Waals surface area (Å²) in [5.41, 5.74) is 18.1. The van der Waals surface area contributed by atoms with Crippen molar-refractivity contribution in [1.29, 1.82) is 0 Å². The molecule has 0 N–H and O–H groups in total. The third-order valence-electron chi connectivity index (χ3n) is 12.6. The van der Waals surface area contributed by atoms with Crippen LogP contribution in [0.2, 0.25) is 0 Å². The molecule has 0 radical (unpaired) electrons.